The maximum absolute atomic E-state index is 8.81. The molecule has 0 amide bonds. The molecular formula is C15H29NO. The quantitative estimate of drug-likeness (QED) is 0.701. The first-order chi connectivity index (χ1) is 8.26. The maximum Gasteiger partial charge on any atom is 0.116 e. The van der Waals surface area contributed by atoms with Gasteiger partial charge in [0.1, 0.15) is 6.29 Å². The summed E-state index contributed by atoms with van der Waals surface area (Å²) in [7, 11) is 0. The summed E-state index contributed by atoms with van der Waals surface area (Å²) in [6, 6.07) is 6.03. The number of nitrogens with zero attached hydrogens (tertiary/aromatic N) is 1. The number of aromatic nitrogens is 1. The van der Waals surface area contributed by atoms with Crippen molar-refractivity contribution in [2.45, 2.75) is 60.8 Å². The zero-order chi connectivity index (χ0) is 13.9. The number of aryl methyl sites for hydroxylation is 1. The molecule has 0 spiro atoms. The van der Waals surface area contributed by atoms with Crippen molar-refractivity contribution in [3.8, 4) is 0 Å². The summed E-state index contributed by atoms with van der Waals surface area (Å²) in [4.78, 5) is 13.0. The van der Waals surface area contributed by atoms with Crippen molar-refractivity contribution in [1.29, 1.82) is 0 Å². The number of rotatable bonds is 2. The Labute approximate surface area is 107 Å². The average Bonchev–Trinajstić information content (AvgIpc) is 2.35. The van der Waals surface area contributed by atoms with Crippen LogP contribution in [-0.2, 0) is 11.2 Å². The second kappa shape index (κ2) is 24.2. The molecule has 0 radical (unpaired) electrons. The van der Waals surface area contributed by atoms with Crippen LogP contribution < -0.4 is 0 Å². The zero-order valence-electron chi connectivity index (χ0n) is 12.4. The van der Waals surface area contributed by atoms with Crippen molar-refractivity contribution in [3.05, 3.63) is 30.1 Å². The van der Waals surface area contributed by atoms with Gasteiger partial charge < -0.3 is 4.79 Å². The molecule has 1 aromatic heterocycles. The van der Waals surface area contributed by atoms with E-state index in [4.69, 9.17) is 4.79 Å². The van der Waals surface area contributed by atoms with Gasteiger partial charge in [0, 0.05) is 11.9 Å². The van der Waals surface area contributed by atoms with Crippen molar-refractivity contribution >= 4 is 6.29 Å². The average molecular weight is 239 g/mol. The molecule has 17 heavy (non-hydrogen) atoms. The smallest absolute Gasteiger partial charge is 0.116 e. The van der Waals surface area contributed by atoms with Gasteiger partial charge in [0.15, 0.2) is 0 Å². The monoisotopic (exact) mass is 239 g/mol. The van der Waals surface area contributed by atoms with E-state index in [1.807, 2.05) is 32.2 Å². The lowest BCUT2D eigenvalue weighted by atomic mass is 10.2. The summed E-state index contributed by atoms with van der Waals surface area (Å²) in [5.41, 5.74) is 1.19. The number of hydrogen-bond donors (Lipinski definition) is 0. The normalized spacial score (nSPS) is 7.18. The van der Waals surface area contributed by atoms with Crippen LogP contribution in [0.25, 0.3) is 0 Å². The van der Waals surface area contributed by atoms with Gasteiger partial charge in [-0.25, -0.2) is 0 Å². The number of carbonyl (C=O) groups is 1. The van der Waals surface area contributed by atoms with Crippen molar-refractivity contribution in [3.63, 3.8) is 0 Å². The highest BCUT2D eigenvalue weighted by molar-refractivity contribution is 5.44. The van der Waals surface area contributed by atoms with E-state index in [0.717, 1.165) is 12.7 Å². The van der Waals surface area contributed by atoms with Crippen LogP contribution in [0.1, 0.15) is 60.1 Å². The Morgan fingerprint density at radius 2 is 1.65 bits per heavy atom. The molecular weight excluding hydrogens is 210 g/mol. The Morgan fingerprint density at radius 1 is 1.18 bits per heavy atom. The maximum atomic E-state index is 8.81. The molecule has 0 saturated carbocycles. The molecule has 0 aliphatic carbocycles. The molecule has 2 heteroatoms. The minimum absolute atomic E-state index is 0.750. The van der Waals surface area contributed by atoms with E-state index < -0.39 is 0 Å². The van der Waals surface area contributed by atoms with Gasteiger partial charge in [-0.05, 0) is 25.5 Å². The van der Waals surface area contributed by atoms with Crippen LogP contribution in [0, 0.1) is 0 Å². The highest BCUT2D eigenvalue weighted by Crippen LogP contribution is 1.95. The van der Waals surface area contributed by atoms with Crippen LogP contribution in [0.15, 0.2) is 24.4 Å². The Bertz CT molecular complexity index is 209. The second-order valence-electron chi connectivity index (χ2n) is 3.01. The largest absolute Gasteiger partial charge is 0.304 e. The molecule has 0 bridgehead atoms. The topological polar surface area (TPSA) is 30.0 Å². The Kier molecular flexibility index (Phi) is 30.1. The lowest BCUT2D eigenvalue weighted by Crippen LogP contribution is -1.84. The van der Waals surface area contributed by atoms with Gasteiger partial charge >= 0.3 is 0 Å². The van der Waals surface area contributed by atoms with Crippen LogP contribution in [0.4, 0.5) is 0 Å². The SMILES string of the molecule is CC.CC=O.CCC.CCCc1ccccn1. The van der Waals surface area contributed by atoms with Gasteiger partial charge in [0.05, 0.1) is 0 Å². The molecule has 0 saturated heterocycles. The number of carbonyl (C=O) groups excluding carboxylic acids is 1. The highest BCUT2D eigenvalue weighted by Gasteiger charge is 1.86. The molecule has 100 valence electrons. The van der Waals surface area contributed by atoms with Crippen LogP contribution in [0.2, 0.25) is 0 Å². The fourth-order valence-electron chi connectivity index (χ4n) is 0.802. The van der Waals surface area contributed by atoms with Gasteiger partial charge in [-0.2, -0.15) is 0 Å². The van der Waals surface area contributed by atoms with Crippen LogP contribution >= 0.6 is 0 Å². The van der Waals surface area contributed by atoms with Crippen molar-refractivity contribution < 1.29 is 4.79 Å². The van der Waals surface area contributed by atoms with E-state index in [1.54, 1.807) is 0 Å². The van der Waals surface area contributed by atoms with Gasteiger partial charge in [-0.1, -0.05) is 53.5 Å². The molecule has 0 unspecified atom stereocenters. The molecule has 0 aromatic carbocycles. The molecule has 0 N–H and O–H groups in total. The third kappa shape index (κ3) is 25.3. The highest BCUT2D eigenvalue weighted by atomic mass is 16.1. The van der Waals surface area contributed by atoms with E-state index in [-0.39, 0.29) is 0 Å². The second-order valence-corrected chi connectivity index (χ2v) is 3.01. The summed E-state index contributed by atoms with van der Waals surface area (Å²) in [5.74, 6) is 0. The van der Waals surface area contributed by atoms with Gasteiger partial charge in [0.25, 0.3) is 0 Å². The molecule has 0 fully saturated rings. The fraction of sp³-hybridized carbons (Fsp3) is 0.600. The standard InChI is InChI=1S/C8H11N.C3H8.C2H4O.C2H6/c1-2-5-8-6-3-4-7-9-8;1-3-2;1-2-3;1-2/h3-4,6-7H,2,5H2,1H3;3H2,1-2H3;2H,1H3;1-2H3. The summed E-state index contributed by atoms with van der Waals surface area (Å²) in [6.07, 6.45) is 6.11. The first-order valence-corrected chi connectivity index (χ1v) is 6.56. The summed E-state index contributed by atoms with van der Waals surface area (Å²) < 4.78 is 0. The Balaban J connectivity index is -0.000000207. The molecule has 1 heterocycles. The Morgan fingerprint density at radius 3 is 1.94 bits per heavy atom. The summed E-state index contributed by atoms with van der Waals surface area (Å²) >= 11 is 0. The van der Waals surface area contributed by atoms with Crippen LogP contribution in [0.5, 0.6) is 0 Å². The minimum atomic E-state index is 0.750. The van der Waals surface area contributed by atoms with Gasteiger partial charge in [0.2, 0.25) is 0 Å². The minimum Gasteiger partial charge on any atom is -0.304 e. The van der Waals surface area contributed by atoms with Crippen LogP contribution in [-0.4, -0.2) is 11.3 Å². The molecule has 0 aliphatic heterocycles. The molecule has 0 aliphatic rings. The molecule has 1 aromatic rings. The third-order valence-corrected chi connectivity index (χ3v) is 1.23. The first-order valence-electron chi connectivity index (χ1n) is 6.56. The molecule has 2 nitrogen and oxygen atoms in total. The number of aldehydes is 1. The van der Waals surface area contributed by atoms with Crippen molar-refractivity contribution in [2.24, 2.45) is 0 Å². The van der Waals surface area contributed by atoms with Crippen LogP contribution in [0.3, 0.4) is 0 Å². The lowest BCUT2D eigenvalue weighted by molar-refractivity contribution is -0.106. The lowest BCUT2D eigenvalue weighted by Gasteiger charge is -1.92. The number of pyridine rings is 1. The first kappa shape index (κ1) is 21.1. The van der Waals surface area contributed by atoms with Gasteiger partial charge in [-0.15, -0.1) is 0 Å². The predicted molar refractivity (Wildman–Crippen MR) is 77.3 cm³/mol. The van der Waals surface area contributed by atoms with Gasteiger partial charge in [-0.3, -0.25) is 4.98 Å². The molecule has 0 atom stereocenters. The third-order valence-electron chi connectivity index (χ3n) is 1.23. The zero-order valence-corrected chi connectivity index (χ0v) is 12.4. The molecule has 1 rings (SSSR count). The predicted octanol–water partition coefficient (Wildman–Crippen LogP) is 4.68. The summed E-state index contributed by atoms with van der Waals surface area (Å²) in [5, 5.41) is 0. The van der Waals surface area contributed by atoms with Crippen molar-refractivity contribution in [2.75, 3.05) is 0 Å². The number of hydrogen-bond acceptors (Lipinski definition) is 2. The van der Waals surface area contributed by atoms with Crippen molar-refractivity contribution in [1.82, 2.24) is 4.98 Å². The van der Waals surface area contributed by atoms with E-state index in [9.17, 15) is 0 Å². The van der Waals surface area contributed by atoms with E-state index in [2.05, 4.69) is 31.8 Å². The Hall–Kier alpha value is -1.18. The summed E-state index contributed by atoms with van der Waals surface area (Å²) in [6.45, 7) is 11.9. The van der Waals surface area contributed by atoms with E-state index in [1.165, 1.54) is 25.5 Å². The van der Waals surface area contributed by atoms with E-state index in [0.29, 0.717) is 0 Å². The van der Waals surface area contributed by atoms with E-state index >= 15 is 0 Å². The fourth-order valence-corrected chi connectivity index (χ4v) is 0.802.